The van der Waals surface area contributed by atoms with Gasteiger partial charge in [-0.05, 0) is 64.6 Å². The Morgan fingerprint density at radius 2 is 1.49 bits per heavy atom. The van der Waals surface area contributed by atoms with Gasteiger partial charge in [-0.3, -0.25) is 14.9 Å². The lowest BCUT2D eigenvalue weighted by Crippen LogP contribution is -2.54. The van der Waals surface area contributed by atoms with Gasteiger partial charge in [-0.25, -0.2) is 9.69 Å². The van der Waals surface area contributed by atoms with Crippen molar-refractivity contribution in [3.05, 3.63) is 98.0 Å². The molecule has 3 aromatic rings. The fraction of sp³-hybridized carbons (Fsp3) is 0.179. The second kappa shape index (κ2) is 10.6. The van der Waals surface area contributed by atoms with Crippen LogP contribution in [0.4, 0.5) is 10.5 Å². The van der Waals surface area contributed by atoms with Gasteiger partial charge in [0.2, 0.25) is 0 Å². The first-order chi connectivity index (χ1) is 17.4. The number of barbiturate groups is 1. The number of urea groups is 1. The van der Waals surface area contributed by atoms with Crippen LogP contribution in [-0.4, -0.2) is 17.8 Å². The number of hydrogen-bond donors (Lipinski definition) is 1. The van der Waals surface area contributed by atoms with E-state index in [1.165, 1.54) is 18.2 Å². The standard InChI is InChI=1S/C28H23Cl3N2O4/c1-28(2,3)18-6-10-20(11-7-18)33-26(35)21(25(34)32-27(33)36)12-17-13-22(30)24(23(31)14-17)37-15-16-4-8-19(29)9-5-16/h4-14H,15H2,1-3H3,(H,32,34,36)/b21-12+. The predicted molar refractivity (Wildman–Crippen MR) is 146 cm³/mol. The van der Waals surface area contributed by atoms with E-state index >= 15 is 0 Å². The Balaban J connectivity index is 1.59. The lowest BCUT2D eigenvalue weighted by molar-refractivity contribution is -0.122. The van der Waals surface area contributed by atoms with Gasteiger partial charge in [0.15, 0.2) is 5.75 Å². The highest BCUT2D eigenvalue weighted by atomic mass is 35.5. The maximum atomic E-state index is 13.2. The van der Waals surface area contributed by atoms with E-state index in [-0.39, 0.29) is 33.4 Å². The van der Waals surface area contributed by atoms with Gasteiger partial charge in [-0.15, -0.1) is 0 Å². The molecule has 1 saturated heterocycles. The van der Waals surface area contributed by atoms with Crippen molar-refractivity contribution in [2.45, 2.75) is 32.8 Å². The Labute approximate surface area is 229 Å². The summed E-state index contributed by atoms with van der Waals surface area (Å²) in [7, 11) is 0. The van der Waals surface area contributed by atoms with Crippen LogP contribution >= 0.6 is 34.8 Å². The zero-order valence-corrected chi connectivity index (χ0v) is 22.5. The molecule has 4 rings (SSSR count). The summed E-state index contributed by atoms with van der Waals surface area (Å²) in [5.74, 6) is -1.31. The van der Waals surface area contributed by atoms with Gasteiger partial charge in [0.05, 0.1) is 15.7 Å². The summed E-state index contributed by atoms with van der Waals surface area (Å²) in [6, 6.07) is 16.4. The molecule has 0 aromatic heterocycles. The minimum atomic E-state index is -0.822. The normalized spacial score (nSPS) is 15.2. The van der Waals surface area contributed by atoms with Crippen LogP contribution in [0, 0.1) is 0 Å². The average molecular weight is 558 g/mol. The molecule has 1 aliphatic heterocycles. The van der Waals surface area contributed by atoms with Gasteiger partial charge < -0.3 is 4.74 Å². The van der Waals surface area contributed by atoms with Crippen LogP contribution in [0.5, 0.6) is 5.75 Å². The molecule has 1 N–H and O–H groups in total. The molecule has 0 spiro atoms. The molecule has 0 atom stereocenters. The van der Waals surface area contributed by atoms with Crippen LogP contribution in [0.25, 0.3) is 6.08 Å². The van der Waals surface area contributed by atoms with Gasteiger partial charge in [-0.2, -0.15) is 0 Å². The van der Waals surface area contributed by atoms with Crippen molar-refractivity contribution >= 4 is 64.4 Å². The highest BCUT2D eigenvalue weighted by Crippen LogP contribution is 2.36. The van der Waals surface area contributed by atoms with Crippen molar-refractivity contribution in [2.24, 2.45) is 0 Å². The minimum absolute atomic E-state index is 0.100. The number of halogens is 3. The highest BCUT2D eigenvalue weighted by molar-refractivity contribution is 6.40. The van der Waals surface area contributed by atoms with Crippen LogP contribution < -0.4 is 15.0 Å². The van der Waals surface area contributed by atoms with Gasteiger partial charge >= 0.3 is 6.03 Å². The van der Waals surface area contributed by atoms with Crippen LogP contribution in [0.15, 0.2) is 66.2 Å². The number of nitrogens with zero attached hydrogens (tertiary/aromatic N) is 1. The van der Waals surface area contributed by atoms with Crippen molar-refractivity contribution in [3.8, 4) is 5.75 Å². The van der Waals surface area contributed by atoms with E-state index in [4.69, 9.17) is 39.5 Å². The van der Waals surface area contributed by atoms with E-state index in [0.717, 1.165) is 16.0 Å². The average Bonchev–Trinajstić information content (AvgIpc) is 2.82. The van der Waals surface area contributed by atoms with Crippen LogP contribution in [0.3, 0.4) is 0 Å². The Kier molecular flexibility index (Phi) is 7.64. The second-order valence-corrected chi connectivity index (χ2v) is 10.7. The van der Waals surface area contributed by atoms with Crippen molar-refractivity contribution < 1.29 is 19.1 Å². The highest BCUT2D eigenvalue weighted by Gasteiger charge is 2.37. The minimum Gasteiger partial charge on any atom is -0.486 e. The maximum absolute atomic E-state index is 13.2. The number of anilines is 1. The zero-order chi connectivity index (χ0) is 26.9. The zero-order valence-electron chi connectivity index (χ0n) is 20.3. The molecule has 0 saturated carbocycles. The molecule has 1 heterocycles. The molecular weight excluding hydrogens is 535 g/mol. The number of hydrogen-bond acceptors (Lipinski definition) is 4. The molecular formula is C28H23Cl3N2O4. The predicted octanol–water partition coefficient (Wildman–Crippen LogP) is 7.19. The molecule has 9 heteroatoms. The van der Waals surface area contributed by atoms with E-state index in [1.54, 1.807) is 24.3 Å². The summed E-state index contributed by atoms with van der Waals surface area (Å²) in [5.41, 5.74) is 2.31. The van der Waals surface area contributed by atoms with E-state index in [1.807, 2.05) is 24.3 Å². The van der Waals surface area contributed by atoms with Gasteiger partial charge in [0.25, 0.3) is 11.8 Å². The fourth-order valence-corrected chi connectivity index (χ4v) is 4.45. The Morgan fingerprint density at radius 1 is 0.892 bits per heavy atom. The number of rotatable bonds is 5. The molecule has 37 heavy (non-hydrogen) atoms. The molecule has 0 unspecified atom stereocenters. The van der Waals surface area contributed by atoms with E-state index in [0.29, 0.717) is 16.3 Å². The molecule has 3 aromatic carbocycles. The number of carbonyl (C=O) groups excluding carboxylic acids is 3. The summed E-state index contributed by atoms with van der Waals surface area (Å²) >= 11 is 18.7. The van der Waals surface area contributed by atoms with Crippen molar-refractivity contribution in [3.63, 3.8) is 0 Å². The van der Waals surface area contributed by atoms with Crippen LogP contribution in [0.2, 0.25) is 15.1 Å². The summed E-state index contributed by atoms with van der Waals surface area (Å²) in [5, 5.41) is 3.22. The molecule has 0 radical (unpaired) electrons. The number of amides is 4. The van der Waals surface area contributed by atoms with Gasteiger partial charge in [0.1, 0.15) is 12.2 Å². The number of ether oxygens (including phenoxy) is 1. The first-order valence-electron chi connectivity index (χ1n) is 11.3. The van der Waals surface area contributed by atoms with Crippen LogP contribution in [-0.2, 0) is 21.6 Å². The molecule has 0 bridgehead atoms. The van der Waals surface area contributed by atoms with Crippen molar-refractivity contribution in [1.82, 2.24) is 5.32 Å². The number of nitrogens with one attached hydrogen (secondary N) is 1. The quantitative estimate of drug-likeness (QED) is 0.266. The number of benzene rings is 3. The Morgan fingerprint density at radius 3 is 2.05 bits per heavy atom. The SMILES string of the molecule is CC(C)(C)c1ccc(N2C(=O)NC(=O)/C(=C\c3cc(Cl)c(OCc4ccc(Cl)cc4)c(Cl)c3)C2=O)cc1. The lowest BCUT2D eigenvalue weighted by Gasteiger charge is -2.27. The van der Waals surface area contributed by atoms with E-state index in [9.17, 15) is 14.4 Å². The summed E-state index contributed by atoms with van der Waals surface area (Å²) < 4.78 is 5.78. The third-order valence-electron chi connectivity index (χ3n) is 5.72. The molecule has 190 valence electrons. The molecule has 1 fully saturated rings. The van der Waals surface area contributed by atoms with Crippen molar-refractivity contribution in [2.75, 3.05) is 4.90 Å². The van der Waals surface area contributed by atoms with Gasteiger partial charge in [-0.1, -0.05) is 79.8 Å². The van der Waals surface area contributed by atoms with Gasteiger partial charge in [0, 0.05) is 5.02 Å². The fourth-order valence-electron chi connectivity index (χ4n) is 3.71. The smallest absolute Gasteiger partial charge is 0.335 e. The monoisotopic (exact) mass is 556 g/mol. The third-order valence-corrected chi connectivity index (χ3v) is 6.53. The molecule has 6 nitrogen and oxygen atoms in total. The van der Waals surface area contributed by atoms with E-state index < -0.39 is 17.8 Å². The van der Waals surface area contributed by atoms with Crippen LogP contribution in [0.1, 0.15) is 37.5 Å². The lowest BCUT2D eigenvalue weighted by atomic mass is 9.87. The Bertz CT molecular complexity index is 1390. The third kappa shape index (κ3) is 5.99. The topological polar surface area (TPSA) is 75.7 Å². The summed E-state index contributed by atoms with van der Waals surface area (Å²) in [6.07, 6.45) is 1.33. The van der Waals surface area contributed by atoms with E-state index in [2.05, 4.69) is 26.1 Å². The first kappa shape index (κ1) is 26.7. The first-order valence-corrected chi connectivity index (χ1v) is 12.5. The van der Waals surface area contributed by atoms with Crippen molar-refractivity contribution in [1.29, 1.82) is 0 Å². The number of imide groups is 2. The largest absolute Gasteiger partial charge is 0.486 e. The molecule has 4 amide bonds. The Hall–Kier alpha value is -3.32. The summed E-state index contributed by atoms with van der Waals surface area (Å²) in [4.78, 5) is 39.2. The molecule has 1 aliphatic rings. The maximum Gasteiger partial charge on any atom is 0.335 e. The molecule has 0 aliphatic carbocycles. The second-order valence-electron chi connectivity index (χ2n) is 9.48. The number of carbonyl (C=O) groups is 3. The summed E-state index contributed by atoms with van der Waals surface area (Å²) in [6.45, 7) is 6.39.